The molecule has 0 radical (unpaired) electrons. The van der Waals surface area contributed by atoms with Crippen molar-refractivity contribution in [3.8, 4) is 0 Å². The number of rotatable bonds is 2. The monoisotopic (exact) mass is 290 g/mol. The van der Waals surface area contributed by atoms with E-state index in [1.54, 1.807) is 9.58 Å². The molecule has 1 saturated carbocycles. The minimum absolute atomic E-state index is 0.0502. The first-order chi connectivity index (χ1) is 10.1. The van der Waals surface area contributed by atoms with Gasteiger partial charge in [-0.2, -0.15) is 5.10 Å². The molecule has 0 spiro atoms. The Labute approximate surface area is 124 Å². The van der Waals surface area contributed by atoms with E-state index in [-0.39, 0.29) is 30.4 Å². The molecule has 2 unspecified atom stereocenters. The van der Waals surface area contributed by atoms with Gasteiger partial charge in [0.25, 0.3) is 5.91 Å². The molecule has 1 aliphatic carbocycles. The largest absolute Gasteiger partial charge is 0.350 e. The molecule has 0 bridgehead atoms. The minimum atomic E-state index is -0.0656. The number of hydrogen-bond donors (Lipinski definition) is 1. The Hall–Kier alpha value is -1.85. The maximum Gasteiger partial charge on any atom is 0.272 e. The Kier molecular flexibility index (Phi) is 3.69. The van der Waals surface area contributed by atoms with Gasteiger partial charge in [0, 0.05) is 12.6 Å². The number of piperazine rings is 1. The quantitative estimate of drug-likeness (QED) is 0.886. The molecule has 2 heterocycles. The molecule has 1 saturated heterocycles. The van der Waals surface area contributed by atoms with Crippen molar-refractivity contribution in [2.45, 2.75) is 58.2 Å². The molecule has 2 atom stereocenters. The Balaban J connectivity index is 1.89. The third kappa shape index (κ3) is 2.54. The average molecular weight is 290 g/mol. The van der Waals surface area contributed by atoms with Crippen LogP contribution in [0.5, 0.6) is 0 Å². The predicted molar refractivity (Wildman–Crippen MR) is 77.9 cm³/mol. The van der Waals surface area contributed by atoms with Gasteiger partial charge in [-0.25, -0.2) is 0 Å². The lowest BCUT2D eigenvalue weighted by Gasteiger charge is -2.43. The molecule has 2 aliphatic rings. The number of nitrogens with zero attached hydrogens (tertiary/aromatic N) is 3. The average Bonchev–Trinajstić information content (AvgIpc) is 2.86. The zero-order valence-corrected chi connectivity index (χ0v) is 12.6. The van der Waals surface area contributed by atoms with E-state index in [1.165, 1.54) is 0 Å². The van der Waals surface area contributed by atoms with Crippen LogP contribution in [0.15, 0.2) is 6.07 Å². The Morgan fingerprint density at radius 2 is 2.19 bits per heavy atom. The van der Waals surface area contributed by atoms with Crippen LogP contribution in [-0.2, 0) is 11.3 Å². The zero-order chi connectivity index (χ0) is 15.0. The summed E-state index contributed by atoms with van der Waals surface area (Å²) in [7, 11) is 0. The fourth-order valence-electron chi connectivity index (χ4n) is 3.51. The topological polar surface area (TPSA) is 67.2 Å². The van der Waals surface area contributed by atoms with E-state index >= 15 is 0 Å². The van der Waals surface area contributed by atoms with Crippen LogP contribution in [0.2, 0.25) is 0 Å². The van der Waals surface area contributed by atoms with E-state index in [0.29, 0.717) is 12.2 Å². The number of fused-ring (bicyclic) bond motifs is 1. The first-order valence-corrected chi connectivity index (χ1v) is 7.75. The molecule has 2 fully saturated rings. The van der Waals surface area contributed by atoms with Crippen molar-refractivity contribution in [1.82, 2.24) is 20.0 Å². The Bertz CT molecular complexity index is 566. The normalized spacial score (nSPS) is 25.4. The van der Waals surface area contributed by atoms with Crippen LogP contribution in [0.3, 0.4) is 0 Å². The van der Waals surface area contributed by atoms with Gasteiger partial charge in [0.1, 0.15) is 12.2 Å². The number of hydrogen-bond acceptors (Lipinski definition) is 3. The summed E-state index contributed by atoms with van der Waals surface area (Å²) in [4.78, 5) is 26.5. The number of aryl methyl sites for hydroxylation is 2. The third-order valence-corrected chi connectivity index (χ3v) is 4.47. The molecule has 1 N–H and O–H groups in total. The summed E-state index contributed by atoms with van der Waals surface area (Å²) in [6.07, 6.45) is 4.17. The molecule has 3 rings (SSSR count). The molecule has 6 nitrogen and oxygen atoms in total. The van der Waals surface area contributed by atoms with Crippen molar-refractivity contribution >= 4 is 11.8 Å². The molecule has 0 aromatic carbocycles. The molecule has 2 amide bonds. The van der Waals surface area contributed by atoms with Gasteiger partial charge >= 0.3 is 0 Å². The highest BCUT2D eigenvalue weighted by atomic mass is 16.2. The van der Waals surface area contributed by atoms with Gasteiger partial charge in [0.2, 0.25) is 5.91 Å². The maximum absolute atomic E-state index is 12.9. The molecule has 21 heavy (non-hydrogen) atoms. The molecular weight excluding hydrogens is 268 g/mol. The van der Waals surface area contributed by atoms with Crippen LogP contribution in [0.1, 0.15) is 48.8 Å². The van der Waals surface area contributed by atoms with Gasteiger partial charge in [0.15, 0.2) is 0 Å². The maximum atomic E-state index is 12.9. The summed E-state index contributed by atoms with van der Waals surface area (Å²) in [5.74, 6) is -0.116. The molecule has 1 aromatic rings. The summed E-state index contributed by atoms with van der Waals surface area (Å²) in [6, 6.07) is 2.06. The van der Waals surface area contributed by atoms with E-state index < -0.39 is 0 Å². The van der Waals surface area contributed by atoms with Crippen molar-refractivity contribution in [3.05, 3.63) is 17.5 Å². The predicted octanol–water partition coefficient (Wildman–Crippen LogP) is 1.09. The number of carbonyl (C=O) groups excluding carboxylic acids is 2. The van der Waals surface area contributed by atoms with E-state index in [9.17, 15) is 9.59 Å². The summed E-state index contributed by atoms with van der Waals surface area (Å²) >= 11 is 0. The lowest BCUT2D eigenvalue weighted by molar-refractivity contribution is -0.127. The molecule has 1 aromatic heterocycles. The first kappa shape index (κ1) is 14.1. The summed E-state index contributed by atoms with van der Waals surface area (Å²) in [6.45, 7) is 4.67. The van der Waals surface area contributed by atoms with E-state index in [2.05, 4.69) is 10.4 Å². The SMILES string of the molecule is CCn1nc(C)cc1C(=O)N1CC(=O)NC2CCCCC21. The van der Waals surface area contributed by atoms with Crippen LogP contribution in [0, 0.1) is 6.92 Å². The van der Waals surface area contributed by atoms with Crippen LogP contribution >= 0.6 is 0 Å². The highest BCUT2D eigenvalue weighted by molar-refractivity contribution is 5.96. The van der Waals surface area contributed by atoms with Crippen LogP contribution in [-0.4, -0.2) is 45.1 Å². The van der Waals surface area contributed by atoms with Gasteiger partial charge in [-0.1, -0.05) is 12.8 Å². The van der Waals surface area contributed by atoms with Gasteiger partial charge < -0.3 is 10.2 Å². The van der Waals surface area contributed by atoms with Crippen molar-refractivity contribution in [3.63, 3.8) is 0 Å². The third-order valence-electron chi connectivity index (χ3n) is 4.47. The van der Waals surface area contributed by atoms with Crippen LogP contribution in [0.4, 0.5) is 0 Å². The molecule has 114 valence electrons. The Morgan fingerprint density at radius 3 is 2.95 bits per heavy atom. The fraction of sp³-hybridized carbons (Fsp3) is 0.667. The zero-order valence-electron chi connectivity index (χ0n) is 12.6. The number of nitrogens with one attached hydrogen (secondary N) is 1. The van der Waals surface area contributed by atoms with Crippen LogP contribution in [0.25, 0.3) is 0 Å². The van der Waals surface area contributed by atoms with Gasteiger partial charge in [-0.05, 0) is 32.8 Å². The van der Waals surface area contributed by atoms with Crippen molar-refractivity contribution in [2.24, 2.45) is 0 Å². The highest BCUT2D eigenvalue weighted by Gasteiger charge is 2.39. The first-order valence-electron chi connectivity index (χ1n) is 7.75. The summed E-state index contributed by atoms with van der Waals surface area (Å²) in [5.41, 5.74) is 1.43. The van der Waals surface area contributed by atoms with Gasteiger partial charge in [-0.3, -0.25) is 14.3 Å². The lowest BCUT2D eigenvalue weighted by Crippen LogP contribution is -2.63. The van der Waals surface area contributed by atoms with Gasteiger partial charge in [0.05, 0.1) is 11.7 Å². The second-order valence-electron chi connectivity index (χ2n) is 5.95. The highest BCUT2D eigenvalue weighted by Crippen LogP contribution is 2.27. The van der Waals surface area contributed by atoms with E-state index in [4.69, 9.17) is 0 Å². The number of aromatic nitrogens is 2. The second-order valence-corrected chi connectivity index (χ2v) is 5.95. The van der Waals surface area contributed by atoms with Crippen molar-refractivity contribution in [2.75, 3.05) is 6.54 Å². The number of amides is 2. The van der Waals surface area contributed by atoms with E-state index in [0.717, 1.165) is 31.4 Å². The minimum Gasteiger partial charge on any atom is -0.350 e. The summed E-state index contributed by atoms with van der Waals surface area (Å²) in [5, 5.41) is 7.37. The van der Waals surface area contributed by atoms with E-state index in [1.807, 2.05) is 19.9 Å². The van der Waals surface area contributed by atoms with Crippen molar-refractivity contribution in [1.29, 1.82) is 0 Å². The van der Waals surface area contributed by atoms with Crippen molar-refractivity contribution < 1.29 is 9.59 Å². The number of carbonyl (C=O) groups is 2. The fourth-order valence-corrected chi connectivity index (χ4v) is 3.51. The van der Waals surface area contributed by atoms with Gasteiger partial charge in [-0.15, -0.1) is 0 Å². The second kappa shape index (κ2) is 5.50. The lowest BCUT2D eigenvalue weighted by atomic mass is 9.87. The Morgan fingerprint density at radius 1 is 1.43 bits per heavy atom. The summed E-state index contributed by atoms with van der Waals surface area (Å²) < 4.78 is 1.72. The molecule has 1 aliphatic heterocycles. The van der Waals surface area contributed by atoms with Crippen LogP contribution < -0.4 is 5.32 Å². The smallest absolute Gasteiger partial charge is 0.272 e. The standard InChI is InChI=1S/C15H22N4O2/c1-3-19-13(8-10(2)17-19)15(21)18-9-14(20)16-11-6-4-5-7-12(11)18/h8,11-12H,3-7,9H2,1-2H3,(H,16,20). The molecular formula is C15H22N4O2. The molecule has 6 heteroatoms.